The van der Waals surface area contributed by atoms with Gasteiger partial charge in [-0.3, -0.25) is 0 Å². The van der Waals surface area contributed by atoms with Crippen LogP contribution >= 0.6 is 0 Å². The molecule has 0 saturated carbocycles. The van der Waals surface area contributed by atoms with E-state index >= 15 is 0 Å². The van der Waals surface area contributed by atoms with Crippen LogP contribution in [0, 0.1) is 0 Å². The summed E-state index contributed by atoms with van der Waals surface area (Å²) in [6.07, 6.45) is 2.60. The van der Waals surface area contributed by atoms with Crippen LogP contribution in [0.4, 0.5) is 0 Å². The van der Waals surface area contributed by atoms with E-state index in [1.54, 1.807) is 0 Å². The Bertz CT molecular complexity index is 406. The van der Waals surface area contributed by atoms with Crippen molar-refractivity contribution in [2.24, 2.45) is 0 Å². The molecule has 120 valence electrons. The number of hydrogen-bond acceptors (Lipinski definition) is 2. The van der Waals surface area contributed by atoms with Gasteiger partial charge in [-0.25, -0.2) is 0 Å². The second-order valence-electron chi connectivity index (χ2n) is 7.18. The van der Waals surface area contributed by atoms with Gasteiger partial charge in [0.1, 0.15) is 6.10 Å². The lowest BCUT2D eigenvalue weighted by molar-refractivity contribution is 0.0281. The molecule has 0 aliphatic carbocycles. The molecule has 0 spiro atoms. The monoisotopic (exact) mass is 308 g/mol. The maximum absolute atomic E-state index is 10.6. The van der Waals surface area contributed by atoms with Crippen molar-refractivity contribution < 1.29 is 9.53 Å². The van der Waals surface area contributed by atoms with Crippen LogP contribution in [-0.4, -0.2) is 20.3 Å². The SMILES string of the molecule is CCCCC(O[SiH](C)C)C(O)c1ccc(C(C)(C)C)cc1. The predicted molar refractivity (Wildman–Crippen MR) is 93.4 cm³/mol. The highest BCUT2D eigenvalue weighted by atomic mass is 28.3. The van der Waals surface area contributed by atoms with Gasteiger partial charge in [0.25, 0.3) is 0 Å². The molecule has 0 amide bonds. The molecule has 0 radical (unpaired) electrons. The van der Waals surface area contributed by atoms with E-state index in [9.17, 15) is 5.11 Å². The molecule has 0 bridgehead atoms. The highest BCUT2D eigenvalue weighted by molar-refractivity contribution is 6.48. The summed E-state index contributed by atoms with van der Waals surface area (Å²) in [6.45, 7) is 13.1. The second kappa shape index (κ2) is 8.11. The Morgan fingerprint density at radius 2 is 1.71 bits per heavy atom. The van der Waals surface area contributed by atoms with E-state index in [1.165, 1.54) is 5.56 Å². The Labute approximate surface area is 132 Å². The van der Waals surface area contributed by atoms with Crippen LogP contribution in [0.5, 0.6) is 0 Å². The molecule has 1 aromatic carbocycles. The largest absolute Gasteiger partial charge is 0.415 e. The van der Waals surface area contributed by atoms with Crippen LogP contribution in [0.3, 0.4) is 0 Å². The topological polar surface area (TPSA) is 29.5 Å². The Balaban J connectivity index is 2.84. The molecule has 1 aromatic rings. The Morgan fingerprint density at radius 3 is 2.14 bits per heavy atom. The fourth-order valence-electron chi connectivity index (χ4n) is 2.45. The van der Waals surface area contributed by atoms with Crippen molar-refractivity contribution in [2.75, 3.05) is 0 Å². The van der Waals surface area contributed by atoms with Crippen molar-refractivity contribution in [1.29, 1.82) is 0 Å². The summed E-state index contributed by atoms with van der Waals surface area (Å²) >= 11 is 0. The zero-order valence-corrected chi connectivity index (χ0v) is 15.7. The summed E-state index contributed by atoms with van der Waals surface area (Å²) in [5.41, 5.74) is 2.41. The van der Waals surface area contributed by atoms with E-state index in [4.69, 9.17) is 4.43 Å². The highest BCUT2D eigenvalue weighted by Gasteiger charge is 2.23. The zero-order chi connectivity index (χ0) is 16.0. The van der Waals surface area contributed by atoms with E-state index in [0.29, 0.717) is 0 Å². The number of rotatable bonds is 7. The van der Waals surface area contributed by atoms with Crippen molar-refractivity contribution in [2.45, 2.75) is 77.7 Å². The van der Waals surface area contributed by atoms with Gasteiger partial charge < -0.3 is 9.53 Å². The maximum atomic E-state index is 10.6. The van der Waals surface area contributed by atoms with Gasteiger partial charge in [0.05, 0.1) is 6.10 Å². The molecule has 1 rings (SSSR count). The van der Waals surface area contributed by atoms with Gasteiger partial charge in [-0.1, -0.05) is 64.8 Å². The van der Waals surface area contributed by atoms with Gasteiger partial charge in [-0.15, -0.1) is 0 Å². The highest BCUT2D eigenvalue weighted by Crippen LogP contribution is 2.27. The van der Waals surface area contributed by atoms with Gasteiger partial charge in [0.15, 0.2) is 9.04 Å². The van der Waals surface area contributed by atoms with Crippen molar-refractivity contribution in [3.05, 3.63) is 35.4 Å². The summed E-state index contributed by atoms with van der Waals surface area (Å²) < 4.78 is 6.05. The van der Waals surface area contributed by atoms with Gasteiger partial charge in [-0.2, -0.15) is 0 Å². The summed E-state index contributed by atoms with van der Waals surface area (Å²) in [5.74, 6) is 0. The molecule has 0 saturated heterocycles. The Kier molecular flexibility index (Phi) is 7.11. The molecule has 3 heteroatoms. The number of aliphatic hydroxyl groups excluding tert-OH is 1. The van der Waals surface area contributed by atoms with Crippen LogP contribution < -0.4 is 0 Å². The first-order valence-electron chi connectivity index (χ1n) is 8.19. The van der Waals surface area contributed by atoms with Crippen LogP contribution in [0.15, 0.2) is 24.3 Å². The lowest BCUT2D eigenvalue weighted by atomic mass is 9.86. The third-order valence-corrected chi connectivity index (χ3v) is 4.65. The lowest BCUT2D eigenvalue weighted by Gasteiger charge is -2.26. The summed E-state index contributed by atoms with van der Waals surface area (Å²) in [7, 11) is -1.15. The smallest absolute Gasteiger partial charge is 0.171 e. The van der Waals surface area contributed by atoms with Gasteiger partial charge >= 0.3 is 0 Å². The molecule has 0 fully saturated rings. The molecule has 0 aromatic heterocycles. The molecular formula is C18H32O2Si. The molecule has 21 heavy (non-hydrogen) atoms. The number of benzene rings is 1. The van der Waals surface area contributed by atoms with Gasteiger partial charge in [-0.05, 0) is 36.1 Å². The van der Waals surface area contributed by atoms with Crippen LogP contribution in [-0.2, 0) is 9.84 Å². The van der Waals surface area contributed by atoms with E-state index in [-0.39, 0.29) is 11.5 Å². The average molecular weight is 309 g/mol. The van der Waals surface area contributed by atoms with E-state index in [0.717, 1.165) is 24.8 Å². The molecule has 1 N–H and O–H groups in total. The minimum atomic E-state index is -1.15. The lowest BCUT2D eigenvalue weighted by Crippen LogP contribution is -2.27. The van der Waals surface area contributed by atoms with E-state index < -0.39 is 15.1 Å². The molecule has 2 atom stereocenters. The Morgan fingerprint density at radius 1 is 1.14 bits per heavy atom. The molecule has 2 nitrogen and oxygen atoms in total. The third-order valence-electron chi connectivity index (χ3n) is 3.76. The minimum Gasteiger partial charge on any atom is -0.415 e. The number of hydrogen-bond donors (Lipinski definition) is 1. The molecular weight excluding hydrogens is 276 g/mol. The summed E-state index contributed by atoms with van der Waals surface area (Å²) in [5, 5.41) is 10.6. The minimum absolute atomic E-state index is 0.0582. The van der Waals surface area contributed by atoms with Crippen molar-refractivity contribution >= 4 is 9.04 Å². The molecule has 2 unspecified atom stereocenters. The standard InChI is InChI=1S/C18H32O2Si/c1-7-8-9-16(20-21(5)6)17(19)14-10-12-15(13-11-14)18(2,3)4/h10-13,16-17,19,21H,7-9H2,1-6H3. The Hall–Kier alpha value is -0.643. The van der Waals surface area contributed by atoms with E-state index in [1.807, 2.05) is 0 Å². The fraction of sp³-hybridized carbons (Fsp3) is 0.667. The average Bonchev–Trinajstić information content (AvgIpc) is 2.41. The van der Waals surface area contributed by atoms with Crippen LogP contribution in [0.25, 0.3) is 0 Å². The third kappa shape index (κ3) is 5.93. The van der Waals surface area contributed by atoms with Gasteiger partial charge in [0.2, 0.25) is 0 Å². The normalized spacial score (nSPS) is 15.2. The van der Waals surface area contributed by atoms with Gasteiger partial charge in [0, 0.05) is 0 Å². The summed E-state index contributed by atoms with van der Waals surface area (Å²) in [4.78, 5) is 0. The van der Waals surface area contributed by atoms with Crippen LogP contribution in [0.2, 0.25) is 13.1 Å². The molecule has 0 heterocycles. The first kappa shape index (κ1) is 18.4. The molecule has 0 aliphatic rings. The predicted octanol–water partition coefficient (Wildman–Crippen LogP) is 4.58. The van der Waals surface area contributed by atoms with E-state index in [2.05, 4.69) is 65.1 Å². The van der Waals surface area contributed by atoms with Crippen molar-refractivity contribution in [1.82, 2.24) is 0 Å². The number of aliphatic hydroxyl groups is 1. The zero-order valence-electron chi connectivity index (χ0n) is 14.5. The second-order valence-corrected chi connectivity index (χ2v) is 9.55. The van der Waals surface area contributed by atoms with Crippen molar-refractivity contribution in [3.63, 3.8) is 0 Å². The quantitative estimate of drug-likeness (QED) is 0.747. The maximum Gasteiger partial charge on any atom is 0.171 e. The summed E-state index contributed by atoms with van der Waals surface area (Å²) in [6, 6.07) is 8.36. The first-order valence-corrected chi connectivity index (χ1v) is 11.0. The first-order chi connectivity index (χ1) is 9.75. The molecule has 0 aliphatic heterocycles. The van der Waals surface area contributed by atoms with Crippen LogP contribution in [0.1, 0.15) is 64.2 Å². The number of unbranched alkanes of at least 4 members (excludes halogenated alkanes) is 1. The van der Waals surface area contributed by atoms with Crippen molar-refractivity contribution in [3.8, 4) is 0 Å². The fourth-order valence-corrected chi connectivity index (χ4v) is 3.43.